The lowest BCUT2D eigenvalue weighted by molar-refractivity contribution is 0.505. The summed E-state index contributed by atoms with van der Waals surface area (Å²) in [5.74, 6) is 3.95. The van der Waals surface area contributed by atoms with Crippen molar-refractivity contribution in [2.45, 2.75) is 13.0 Å². The van der Waals surface area contributed by atoms with Gasteiger partial charge in [0, 0.05) is 6.54 Å². The van der Waals surface area contributed by atoms with Crippen LogP contribution < -0.4 is 5.73 Å². The smallest absolute Gasteiger partial charge is 0.201 e. The standard InChI is InChI=1S/C12H15N3S/c13-12-14-10-3-1-2-4-11(10)15(12)7-9-5-6-16-8-9/h1-4,9H,5-8H2,(H2,13,14). The van der Waals surface area contributed by atoms with Gasteiger partial charge in [0.1, 0.15) is 0 Å². The second-order valence-corrected chi connectivity index (χ2v) is 5.45. The number of hydrogen-bond acceptors (Lipinski definition) is 3. The molecule has 2 N–H and O–H groups in total. The summed E-state index contributed by atoms with van der Waals surface area (Å²) in [6.07, 6.45) is 1.30. The van der Waals surface area contributed by atoms with E-state index in [9.17, 15) is 0 Å². The second kappa shape index (κ2) is 4.01. The third-order valence-electron chi connectivity index (χ3n) is 3.15. The first-order chi connectivity index (χ1) is 7.84. The van der Waals surface area contributed by atoms with Gasteiger partial charge in [-0.1, -0.05) is 12.1 Å². The third-order valence-corrected chi connectivity index (χ3v) is 4.38. The maximum absolute atomic E-state index is 5.98. The van der Waals surface area contributed by atoms with E-state index in [1.165, 1.54) is 17.9 Å². The highest BCUT2D eigenvalue weighted by Crippen LogP contribution is 2.27. The average molecular weight is 233 g/mol. The number of nitrogens with zero attached hydrogens (tertiary/aromatic N) is 2. The van der Waals surface area contributed by atoms with Crippen molar-refractivity contribution in [1.82, 2.24) is 9.55 Å². The second-order valence-electron chi connectivity index (χ2n) is 4.30. The summed E-state index contributed by atoms with van der Waals surface area (Å²) in [7, 11) is 0. The van der Waals surface area contributed by atoms with E-state index in [0.29, 0.717) is 5.95 Å². The predicted molar refractivity (Wildman–Crippen MR) is 69.6 cm³/mol. The number of nitrogen functional groups attached to an aromatic ring is 1. The van der Waals surface area contributed by atoms with E-state index >= 15 is 0 Å². The zero-order chi connectivity index (χ0) is 11.0. The first-order valence-electron chi connectivity index (χ1n) is 5.63. The Bertz CT molecular complexity index is 500. The number of rotatable bonds is 2. The number of nitrogens with two attached hydrogens (primary N) is 1. The minimum atomic E-state index is 0.651. The number of aromatic nitrogens is 2. The molecule has 1 atom stereocenters. The number of thioether (sulfide) groups is 1. The molecule has 0 amide bonds. The molecule has 16 heavy (non-hydrogen) atoms. The lowest BCUT2D eigenvalue weighted by Crippen LogP contribution is -2.12. The Labute approximate surface area is 99.0 Å². The Morgan fingerprint density at radius 3 is 3.12 bits per heavy atom. The highest BCUT2D eigenvalue weighted by atomic mass is 32.2. The Kier molecular flexibility index (Phi) is 2.52. The van der Waals surface area contributed by atoms with E-state index in [0.717, 1.165) is 23.5 Å². The Morgan fingerprint density at radius 1 is 1.44 bits per heavy atom. The van der Waals surface area contributed by atoms with Crippen molar-refractivity contribution in [3.8, 4) is 0 Å². The molecular weight excluding hydrogens is 218 g/mol. The van der Waals surface area contributed by atoms with Gasteiger partial charge >= 0.3 is 0 Å². The first-order valence-corrected chi connectivity index (χ1v) is 6.78. The molecule has 1 aromatic carbocycles. The van der Waals surface area contributed by atoms with Gasteiger partial charge in [-0.15, -0.1) is 0 Å². The molecule has 1 unspecified atom stereocenters. The summed E-state index contributed by atoms with van der Waals surface area (Å²) in [4.78, 5) is 4.39. The van der Waals surface area contributed by atoms with Crippen LogP contribution in [-0.4, -0.2) is 21.1 Å². The van der Waals surface area contributed by atoms with Crippen molar-refractivity contribution in [3.05, 3.63) is 24.3 Å². The summed E-state index contributed by atoms with van der Waals surface area (Å²) >= 11 is 2.04. The van der Waals surface area contributed by atoms with Crippen molar-refractivity contribution < 1.29 is 0 Å². The van der Waals surface area contributed by atoms with Crippen LogP contribution in [0.3, 0.4) is 0 Å². The van der Waals surface area contributed by atoms with Crippen LogP contribution in [0.2, 0.25) is 0 Å². The number of benzene rings is 1. The molecule has 0 bridgehead atoms. The number of hydrogen-bond donors (Lipinski definition) is 1. The number of anilines is 1. The topological polar surface area (TPSA) is 43.8 Å². The quantitative estimate of drug-likeness (QED) is 0.866. The van der Waals surface area contributed by atoms with Crippen molar-refractivity contribution in [3.63, 3.8) is 0 Å². The van der Waals surface area contributed by atoms with Crippen LogP contribution in [0.4, 0.5) is 5.95 Å². The van der Waals surface area contributed by atoms with Crippen molar-refractivity contribution in [2.24, 2.45) is 5.92 Å². The Balaban J connectivity index is 1.98. The van der Waals surface area contributed by atoms with Gasteiger partial charge in [-0.05, 0) is 36.0 Å². The molecule has 0 saturated carbocycles. The van der Waals surface area contributed by atoms with E-state index in [1.54, 1.807) is 0 Å². The van der Waals surface area contributed by atoms with Gasteiger partial charge < -0.3 is 10.3 Å². The molecule has 1 aliphatic heterocycles. The summed E-state index contributed by atoms with van der Waals surface area (Å²) in [6.45, 7) is 1.01. The van der Waals surface area contributed by atoms with Crippen LogP contribution in [0.1, 0.15) is 6.42 Å². The largest absolute Gasteiger partial charge is 0.369 e. The zero-order valence-electron chi connectivity index (χ0n) is 9.10. The highest BCUT2D eigenvalue weighted by Gasteiger charge is 2.18. The normalized spacial score (nSPS) is 20.6. The van der Waals surface area contributed by atoms with Gasteiger partial charge in [-0.2, -0.15) is 11.8 Å². The molecule has 4 heteroatoms. The molecule has 0 spiro atoms. The number of fused-ring (bicyclic) bond motifs is 1. The number of para-hydroxylation sites is 2. The van der Waals surface area contributed by atoms with Crippen molar-refractivity contribution in [2.75, 3.05) is 17.2 Å². The summed E-state index contributed by atoms with van der Waals surface area (Å²) < 4.78 is 2.16. The lowest BCUT2D eigenvalue weighted by Gasteiger charge is -2.11. The summed E-state index contributed by atoms with van der Waals surface area (Å²) in [6, 6.07) is 8.17. The Morgan fingerprint density at radius 2 is 2.31 bits per heavy atom. The van der Waals surface area contributed by atoms with Gasteiger partial charge in [-0.25, -0.2) is 4.98 Å². The predicted octanol–water partition coefficient (Wildman–Crippen LogP) is 2.37. The zero-order valence-corrected chi connectivity index (χ0v) is 9.91. The lowest BCUT2D eigenvalue weighted by atomic mass is 10.1. The maximum atomic E-state index is 5.98. The highest BCUT2D eigenvalue weighted by molar-refractivity contribution is 7.99. The molecule has 3 nitrogen and oxygen atoms in total. The van der Waals surface area contributed by atoms with Crippen molar-refractivity contribution >= 4 is 28.7 Å². The molecule has 1 aromatic heterocycles. The summed E-state index contributed by atoms with van der Waals surface area (Å²) in [5, 5.41) is 0. The fraction of sp³-hybridized carbons (Fsp3) is 0.417. The van der Waals surface area contributed by atoms with Crippen LogP contribution in [0.25, 0.3) is 11.0 Å². The SMILES string of the molecule is Nc1nc2ccccc2n1CC1CCSC1. The fourth-order valence-corrected chi connectivity index (χ4v) is 3.54. The van der Waals surface area contributed by atoms with Crippen LogP contribution in [-0.2, 0) is 6.54 Å². The average Bonchev–Trinajstić information content (AvgIpc) is 2.89. The molecule has 2 aromatic rings. The van der Waals surface area contributed by atoms with Gasteiger partial charge in [0.25, 0.3) is 0 Å². The molecular formula is C12H15N3S. The molecule has 2 heterocycles. The van der Waals surface area contributed by atoms with Crippen LogP contribution >= 0.6 is 11.8 Å². The maximum Gasteiger partial charge on any atom is 0.201 e. The van der Waals surface area contributed by atoms with E-state index in [4.69, 9.17) is 5.73 Å². The Hall–Kier alpha value is -1.16. The first kappa shape index (κ1) is 10.0. The van der Waals surface area contributed by atoms with Crippen molar-refractivity contribution in [1.29, 1.82) is 0 Å². The molecule has 1 aliphatic rings. The van der Waals surface area contributed by atoms with Crippen LogP contribution in [0.15, 0.2) is 24.3 Å². The van der Waals surface area contributed by atoms with E-state index in [1.807, 2.05) is 30.0 Å². The van der Waals surface area contributed by atoms with Gasteiger partial charge in [0.05, 0.1) is 11.0 Å². The van der Waals surface area contributed by atoms with E-state index in [2.05, 4.69) is 15.6 Å². The molecule has 84 valence electrons. The molecule has 1 fully saturated rings. The third kappa shape index (κ3) is 1.67. The van der Waals surface area contributed by atoms with Crippen LogP contribution in [0.5, 0.6) is 0 Å². The minimum Gasteiger partial charge on any atom is -0.369 e. The molecule has 1 saturated heterocycles. The molecule has 0 aliphatic carbocycles. The van der Waals surface area contributed by atoms with Crippen LogP contribution in [0, 0.1) is 5.92 Å². The van der Waals surface area contributed by atoms with E-state index in [-0.39, 0.29) is 0 Å². The summed E-state index contributed by atoms with van der Waals surface area (Å²) in [5.41, 5.74) is 8.15. The van der Waals surface area contributed by atoms with Gasteiger partial charge in [0.15, 0.2) is 0 Å². The van der Waals surface area contributed by atoms with E-state index < -0.39 is 0 Å². The molecule has 0 radical (unpaired) electrons. The number of imidazole rings is 1. The fourth-order valence-electron chi connectivity index (χ4n) is 2.27. The monoisotopic (exact) mass is 233 g/mol. The van der Waals surface area contributed by atoms with Gasteiger partial charge in [0.2, 0.25) is 5.95 Å². The minimum absolute atomic E-state index is 0.651. The van der Waals surface area contributed by atoms with Gasteiger partial charge in [-0.3, -0.25) is 0 Å². The molecule has 3 rings (SSSR count).